The van der Waals surface area contributed by atoms with E-state index in [1.807, 2.05) is 5.92 Å². The maximum atomic E-state index is 11.5. The van der Waals surface area contributed by atoms with Crippen LogP contribution in [0.1, 0.15) is 6.42 Å². The molecule has 0 radical (unpaired) electrons. The predicted octanol–water partition coefficient (Wildman–Crippen LogP) is 2.00. The third kappa shape index (κ3) is 5.90. The first-order valence-corrected chi connectivity index (χ1v) is 2.36. The van der Waals surface area contributed by atoms with Gasteiger partial charge in [-0.2, -0.15) is 8.78 Å². The van der Waals surface area contributed by atoms with Gasteiger partial charge in [-0.15, -0.1) is 6.42 Å². The van der Waals surface area contributed by atoms with E-state index in [1.165, 1.54) is 0 Å². The lowest BCUT2D eigenvalue weighted by molar-refractivity contribution is 0.121. The minimum atomic E-state index is -2.87. The van der Waals surface area contributed by atoms with Gasteiger partial charge in [0, 0.05) is 0 Å². The molecule has 7 heavy (non-hydrogen) atoms. The predicted molar refractivity (Wildman–Crippen MR) is 27.3 cm³/mol. The van der Waals surface area contributed by atoms with Crippen molar-refractivity contribution < 1.29 is 8.78 Å². The molecule has 0 bridgehead atoms. The summed E-state index contributed by atoms with van der Waals surface area (Å²) in [6.07, 6.45) is 4.01. The Kier molecular flexibility index (Phi) is 2.24. The third-order valence-electron chi connectivity index (χ3n) is 0.303. The van der Waals surface area contributed by atoms with Gasteiger partial charge in [-0.25, -0.2) is 0 Å². The highest BCUT2D eigenvalue weighted by Crippen LogP contribution is 2.24. The molecule has 0 aromatic carbocycles. The summed E-state index contributed by atoms with van der Waals surface area (Å²) in [5.74, 6) is 1.81. The van der Waals surface area contributed by atoms with Crippen LogP contribution in [0.3, 0.4) is 0 Å². The molecule has 0 saturated heterocycles. The Balaban J connectivity index is 3.40. The van der Waals surface area contributed by atoms with Gasteiger partial charge in [-0.3, -0.25) is 0 Å². The van der Waals surface area contributed by atoms with Gasteiger partial charge in [-0.1, -0.05) is 5.92 Å². The van der Waals surface area contributed by atoms with Crippen molar-refractivity contribution in [2.24, 2.45) is 0 Å². The largest absolute Gasteiger partial charge is 0.312 e. The fourth-order valence-corrected chi connectivity index (χ4v) is 0.278. The zero-order valence-corrected chi connectivity index (χ0v) is 5.00. The molecule has 0 heterocycles. The number of terminal acetylenes is 1. The van der Waals surface area contributed by atoms with Gasteiger partial charge < -0.3 is 0 Å². The van der Waals surface area contributed by atoms with Crippen LogP contribution in [-0.4, -0.2) is 4.83 Å². The number of rotatable bonds is 1. The highest BCUT2D eigenvalue weighted by molar-refractivity contribution is 9.10. The van der Waals surface area contributed by atoms with E-state index in [0.29, 0.717) is 0 Å². The Morgan fingerprint density at radius 2 is 2.14 bits per heavy atom. The molecule has 0 aliphatic rings. The molecule has 3 heteroatoms. The van der Waals surface area contributed by atoms with Crippen molar-refractivity contribution >= 4 is 15.9 Å². The zero-order valence-electron chi connectivity index (χ0n) is 3.42. The van der Waals surface area contributed by atoms with E-state index in [-0.39, 0.29) is 0 Å². The quantitative estimate of drug-likeness (QED) is 0.416. The van der Waals surface area contributed by atoms with Gasteiger partial charge in [-0.05, 0) is 15.9 Å². The highest BCUT2D eigenvalue weighted by Gasteiger charge is 2.20. The van der Waals surface area contributed by atoms with E-state index in [9.17, 15) is 8.78 Å². The first kappa shape index (κ1) is 6.90. The van der Waals surface area contributed by atoms with Crippen LogP contribution in [0.2, 0.25) is 0 Å². The third-order valence-corrected chi connectivity index (χ3v) is 0.583. The Morgan fingerprint density at radius 1 is 1.71 bits per heavy atom. The minimum absolute atomic E-state index is 0.549. The monoisotopic (exact) mass is 168 g/mol. The van der Waals surface area contributed by atoms with Crippen LogP contribution in [0.4, 0.5) is 8.78 Å². The second-order valence-electron chi connectivity index (χ2n) is 0.996. The van der Waals surface area contributed by atoms with Crippen molar-refractivity contribution in [3.05, 3.63) is 0 Å². The fourth-order valence-electron chi connectivity index (χ4n) is 0.116. The Morgan fingerprint density at radius 3 is 2.14 bits per heavy atom. The maximum absolute atomic E-state index is 11.5. The molecular weight excluding hydrogens is 166 g/mol. The van der Waals surface area contributed by atoms with Crippen molar-refractivity contribution in [3.8, 4) is 12.3 Å². The van der Waals surface area contributed by atoms with Crippen molar-refractivity contribution in [2.45, 2.75) is 11.3 Å². The molecule has 0 amide bonds. The van der Waals surface area contributed by atoms with E-state index < -0.39 is 11.3 Å². The molecule has 0 spiro atoms. The number of hydrogen-bond acceptors (Lipinski definition) is 0. The van der Waals surface area contributed by atoms with Gasteiger partial charge in [0.05, 0.1) is 6.42 Å². The Hall–Kier alpha value is -0.100. The summed E-state index contributed by atoms with van der Waals surface area (Å²) in [5.41, 5.74) is 0. The second-order valence-corrected chi connectivity index (χ2v) is 2.16. The van der Waals surface area contributed by atoms with Gasteiger partial charge in [0.15, 0.2) is 0 Å². The van der Waals surface area contributed by atoms with Crippen molar-refractivity contribution in [2.75, 3.05) is 0 Å². The van der Waals surface area contributed by atoms with E-state index in [4.69, 9.17) is 0 Å². The van der Waals surface area contributed by atoms with E-state index in [0.717, 1.165) is 0 Å². The SMILES string of the molecule is C#CCC(F)(F)Br. The van der Waals surface area contributed by atoms with Gasteiger partial charge in [0.1, 0.15) is 0 Å². The first-order chi connectivity index (χ1) is 3.06. The molecule has 0 atom stereocenters. The summed E-state index contributed by atoms with van der Waals surface area (Å²) >= 11 is 2.06. The molecule has 0 rings (SSSR count). The molecule has 0 aromatic rings. The lowest BCUT2D eigenvalue weighted by Gasteiger charge is -1.98. The normalized spacial score (nSPS) is 10.6. The first-order valence-electron chi connectivity index (χ1n) is 1.56. The summed E-state index contributed by atoms with van der Waals surface area (Å²) in [4.78, 5) is -2.87. The molecule has 0 N–H and O–H groups in total. The summed E-state index contributed by atoms with van der Waals surface area (Å²) in [6, 6.07) is 0. The standard InChI is InChI=1S/C4H3BrF2/c1-2-3-4(5,6)7/h1H,3H2. The molecule has 0 aliphatic carbocycles. The molecule has 0 aromatic heterocycles. The maximum Gasteiger partial charge on any atom is 0.312 e. The highest BCUT2D eigenvalue weighted by atomic mass is 79.9. The topological polar surface area (TPSA) is 0 Å². The minimum Gasteiger partial charge on any atom is -0.193 e. The van der Waals surface area contributed by atoms with Crippen molar-refractivity contribution in [1.82, 2.24) is 0 Å². The molecule has 0 aliphatic heterocycles. The molecule has 0 fully saturated rings. The number of halogens is 3. The van der Waals surface area contributed by atoms with E-state index in [2.05, 4.69) is 22.4 Å². The summed E-state index contributed by atoms with van der Waals surface area (Å²) in [7, 11) is 0. The van der Waals surface area contributed by atoms with Crippen LogP contribution in [-0.2, 0) is 0 Å². The van der Waals surface area contributed by atoms with Crippen molar-refractivity contribution in [3.63, 3.8) is 0 Å². The molecular formula is C4H3BrF2. The van der Waals surface area contributed by atoms with Crippen LogP contribution in [0.25, 0.3) is 0 Å². The Bertz CT molecular complexity index is 86.8. The molecule has 40 valence electrons. The van der Waals surface area contributed by atoms with Gasteiger partial charge >= 0.3 is 4.83 Å². The lowest BCUT2D eigenvalue weighted by Crippen LogP contribution is -2.00. The molecule has 0 nitrogen and oxygen atoms in total. The summed E-state index contributed by atoms with van der Waals surface area (Å²) in [6.45, 7) is 0. The van der Waals surface area contributed by atoms with Gasteiger partial charge in [0.25, 0.3) is 0 Å². The zero-order chi connectivity index (χ0) is 5.91. The van der Waals surface area contributed by atoms with Crippen LogP contribution < -0.4 is 0 Å². The summed E-state index contributed by atoms with van der Waals surface area (Å²) < 4.78 is 23.0. The Labute approximate surface area is 49.0 Å². The smallest absolute Gasteiger partial charge is 0.193 e. The second kappa shape index (κ2) is 2.27. The van der Waals surface area contributed by atoms with Gasteiger partial charge in [0.2, 0.25) is 0 Å². The van der Waals surface area contributed by atoms with Crippen LogP contribution in [0, 0.1) is 12.3 Å². The van der Waals surface area contributed by atoms with E-state index in [1.54, 1.807) is 0 Å². The summed E-state index contributed by atoms with van der Waals surface area (Å²) in [5, 5.41) is 0. The average molecular weight is 169 g/mol. The molecule has 0 saturated carbocycles. The van der Waals surface area contributed by atoms with E-state index >= 15 is 0 Å². The van der Waals surface area contributed by atoms with Crippen LogP contribution in [0.15, 0.2) is 0 Å². The van der Waals surface area contributed by atoms with Crippen molar-refractivity contribution in [1.29, 1.82) is 0 Å². The van der Waals surface area contributed by atoms with Crippen LogP contribution in [0.5, 0.6) is 0 Å². The lowest BCUT2D eigenvalue weighted by atomic mass is 10.5. The fraction of sp³-hybridized carbons (Fsp3) is 0.500. The van der Waals surface area contributed by atoms with Crippen LogP contribution >= 0.6 is 15.9 Å². The number of hydrogen-bond donors (Lipinski definition) is 0. The molecule has 0 unspecified atom stereocenters. The average Bonchev–Trinajstić information content (AvgIpc) is 1.30. The number of alkyl halides is 3.